The Hall–Kier alpha value is -0.860. The zero-order valence-electron chi connectivity index (χ0n) is 13.1. The van der Waals surface area contributed by atoms with Crippen molar-refractivity contribution in [2.24, 2.45) is 0 Å². The molecule has 2 unspecified atom stereocenters. The molecule has 1 aliphatic rings. The molecule has 1 saturated heterocycles. The number of hydrogen-bond acceptors (Lipinski definition) is 5. The monoisotopic (exact) mass is 382 g/mol. The molecule has 0 aliphatic carbocycles. The number of rotatable bonds is 3. The van der Waals surface area contributed by atoms with Gasteiger partial charge in [0.05, 0.1) is 17.6 Å². The lowest BCUT2D eigenvalue weighted by Gasteiger charge is -2.37. The molecule has 0 spiro atoms. The SMILES string of the molecule is COC(=O)c1ccc(Cl)cc1S(=O)(=O)N1CCNC(C)C1C.Cl. The van der Waals surface area contributed by atoms with Crippen LogP contribution in [0.25, 0.3) is 0 Å². The van der Waals surface area contributed by atoms with Gasteiger partial charge in [-0.15, -0.1) is 12.4 Å². The molecule has 6 nitrogen and oxygen atoms in total. The molecule has 0 radical (unpaired) electrons. The second-order valence-electron chi connectivity index (χ2n) is 5.23. The van der Waals surface area contributed by atoms with E-state index in [-0.39, 0.29) is 40.0 Å². The predicted octanol–water partition coefficient (Wildman–Crippen LogP) is 1.92. The van der Waals surface area contributed by atoms with Crippen LogP contribution in [-0.4, -0.2) is 51.0 Å². The minimum atomic E-state index is -3.84. The van der Waals surface area contributed by atoms with Crippen LogP contribution in [0.3, 0.4) is 0 Å². The van der Waals surface area contributed by atoms with Crippen molar-refractivity contribution in [3.8, 4) is 0 Å². The summed E-state index contributed by atoms with van der Waals surface area (Å²) in [5, 5.41) is 3.47. The fourth-order valence-corrected chi connectivity index (χ4v) is 4.63. The number of piperazine rings is 1. The highest BCUT2D eigenvalue weighted by atomic mass is 35.5. The van der Waals surface area contributed by atoms with Crippen LogP contribution in [0.4, 0.5) is 0 Å². The molecule has 2 rings (SSSR count). The summed E-state index contributed by atoms with van der Waals surface area (Å²) in [5.41, 5.74) is -0.00899. The van der Waals surface area contributed by atoms with Gasteiger partial charge >= 0.3 is 5.97 Å². The van der Waals surface area contributed by atoms with Gasteiger partial charge in [0, 0.05) is 30.2 Å². The van der Waals surface area contributed by atoms with Crippen molar-refractivity contribution in [2.75, 3.05) is 20.2 Å². The zero-order chi connectivity index (χ0) is 16.5. The third-order valence-corrected chi connectivity index (χ3v) is 6.17. The lowest BCUT2D eigenvalue weighted by atomic mass is 10.1. The highest BCUT2D eigenvalue weighted by Gasteiger charge is 2.36. The molecule has 130 valence electrons. The fraction of sp³-hybridized carbons (Fsp3) is 0.500. The van der Waals surface area contributed by atoms with E-state index in [1.54, 1.807) is 0 Å². The number of esters is 1. The van der Waals surface area contributed by atoms with E-state index < -0.39 is 16.0 Å². The molecule has 0 bridgehead atoms. The van der Waals surface area contributed by atoms with Crippen LogP contribution in [0.5, 0.6) is 0 Å². The Morgan fingerprint density at radius 3 is 2.65 bits per heavy atom. The first-order valence-electron chi connectivity index (χ1n) is 6.92. The Morgan fingerprint density at radius 1 is 1.39 bits per heavy atom. The van der Waals surface area contributed by atoms with E-state index in [2.05, 4.69) is 10.1 Å². The minimum absolute atomic E-state index is 0. The van der Waals surface area contributed by atoms with Gasteiger partial charge in [-0.05, 0) is 32.0 Å². The standard InChI is InChI=1S/C14H19ClN2O4S.ClH/c1-9-10(2)17(7-6-16-9)22(19,20)13-8-11(15)4-5-12(13)14(18)21-3;/h4-5,8-10,16H,6-7H2,1-3H3;1H. The van der Waals surface area contributed by atoms with Crippen molar-refractivity contribution in [3.63, 3.8) is 0 Å². The van der Waals surface area contributed by atoms with Crippen LogP contribution >= 0.6 is 24.0 Å². The molecule has 0 amide bonds. The lowest BCUT2D eigenvalue weighted by Crippen LogP contribution is -2.57. The number of halogens is 2. The summed E-state index contributed by atoms with van der Waals surface area (Å²) < 4.78 is 32.0. The van der Waals surface area contributed by atoms with Gasteiger partial charge in [0.1, 0.15) is 0 Å². The Bertz CT molecular complexity index is 681. The van der Waals surface area contributed by atoms with Crippen molar-refractivity contribution in [2.45, 2.75) is 30.8 Å². The van der Waals surface area contributed by atoms with Crippen LogP contribution in [-0.2, 0) is 14.8 Å². The second kappa shape index (κ2) is 7.81. The maximum Gasteiger partial charge on any atom is 0.339 e. The molecular formula is C14H20Cl2N2O4S. The smallest absolute Gasteiger partial charge is 0.339 e. The Kier molecular flexibility index (Phi) is 6.85. The van der Waals surface area contributed by atoms with Crippen LogP contribution in [0.2, 0.25) is 5.02 Å². The number of nitrogens with one attached hydrogen (secondary N) is 1. The van der Waals surface area contributed by atoms with Gasteiger partial charge in [0.2, 0.25) is 10.0 Å². The number of carbonyl (C=O) groups is 1. The number of methoxy groups -OCH3 is 1. The van der Waals surface area contributed by atoms with E-state index in [9.17, 15) is 13.2 Å². The predicted molar refractivity (Wildman–Crippen MR) is 90.9 cm³/mol. The molecule has 1 N–H and O–H groups in total. The van der Waals surface area contributed by atoms with E-state index >= 15 is 0 Å². The number of ether oxygens (including phenoxy) is 1. The van der Waals surface area contributed by atoms with Gasteiger partial charge in [-0.25, -0.2) is 13.2 Å². The summed E-state index contributed by atoms with van der Waals surface area (Å²) in [7, 11) is -2.63. The van der Waals surface area contributed by atoms with Gasteiger partial charge in [-0.1, -0.05) is 11.6 Å². The Balaban J connectivity index is 0.00000264. The number of nitrogens with zero attached hydrogens (tertiary/aromatic N) is 1. The van der Waals surface area contributed by atoms with Gasteiger partial charge in [-0.3, -0.25) is 0 Å². The topological polar surface area (TPSA) is 75.7 Å². The van der Waals surface area contributed by atoms with Crippen molar-refractivity contribution in [1.82, 2.24) is 9.62 Å². The summed E-state index contributed by atoms with van der Waals surface area (Å²) >= 11 is 5.93. The number of carbonyl (C=O) groups excluding carboxylic acids is 1. The molecule has 0 aromatic heterocycles. The normalized spacial score (nSPS) is 22.3. The highest BCUT2D eigenvalue weighted by molar-refractivity contribution is 7.89. The second-order valence-corrected chi connectivity index (χ2v) is 7.53. The van der Waals surface area contributed by atoms with Crippen LogP contribution in [0.15, 0.2) is 23.1 Å². The van der Waals surface area contributed by atoms with Gasteiger partial charge in [-0.2, -0.15) is 4.31 Å². The molecule has 9 heteroatoms. The minimum Gasteiger partial charge on any atom is -0.465 e. The van der Waals surface area contributed by atoms with Crippen molar-refractivity contribution in [1.29, 1.82) is 0 Å². The number of benzene rings is 1. The Labute approximate surface area is 147 Å². The average Bonchev–Trinajstić information content (AvgIpc) is 2.49. The molecule has 23 heavy (non-hydrogen) atoms. The fourth-order valence-electron chi connectivity index (χ4n) is 2.48. The third-order valence-electron chi connectivity index (χ3n) is 3.91. The van der Waals surface area contributed by atoms with Crippen LogP contribution in [0, 0.1) is 0 Å². The van der Waals surface area contributed by atoms with Gasteiger partial charge in [0.15, 0.2) is 0 Å². The summed E-state index contributed by atoms with van der Waals surface area (Å²) in [6.07, 6.45) is 0. The first-order valence-corrected chi connectivity index (χ1v) is 8.74. The van der Waals surface area contributed by atoms with E-state index in [4.69, 9.17) is 11.6 Å². The van der Waals surface area contributed by atoms with Gasteiger partial charge < -0.3 is 10.1 Å². The van der Waals surface area contributed by atoms with Gasteiger partial charge in [0.25, 0.3) is 0 Å². The van der Waals surface area contributed by atoms with Crippen molar-refractivity contribution in [3.05, 3.63) is 28.8 Å². The average molecular weight is 383 g/mol. The summed E-state index contributed by atoms with van der Waals surface area (Å²) in [5.74, 6) is -0.703. The summed E-state index contributed by atoms with van der Waals surface area (Å²) in [6, 6.07) is 3.92. The van der Waals surface area contributed by atoms with Crippen molar-refractivity contribution < 1.29 is 17.9 Å². The quantitative estimate of drug-likeness (QED) is 0.808. The largest absolute Gasteiger partial charge is 0.465 e. The molecule has 0 saturated carbocycles. The van der Waals surface area contributed by atoms with Crippen LogP contribution < -0.4 is 5.32 Å². The van der Waals surface area contributed by atoms with E-state index in [0.717, 1.165) is 0 Å². The molecule has 1 fully saturated rings. The van der Waals surface area contributed by atoms with Crippen molar-refractivity contribution >= 4 is 40.0 Å². The first kappa shape index (κ1) is 20.2. The van der Waals surface area contributed by atoms with E-state index in [0.29, 0.717) is 13.1 Å². The molecular weight excluding hydrogens is 363 g/mol. The maximum absolute atomic E-state index is 13.0. The molecule has 2 atom stereocenters. The third kappa shape index (κ3) is 3.97. The maximum atomic E-state index is 13.0. The number of hydrogen-bond donors (Lipinski definition) is 1. The number of sulfonamides is 1. The molecule has 1 aromatic rings. The van der Waals surface area contributed by atoms with E-state index in [1.165, 1.54) is 29.6 Å². The summed E-state index contributed by atoms with van der Waals surface area (Å²) in [6.45, 7) is 4.64. The molecule has 1 aliphatic heterocycles. The Morgan fingerprint density at radius 2 is 2.04 bits per heavy atom. The van der Waals surface area contributed by atoms with Crippen LogP contribution in [0.1, 0.15) is 24.2 Å². The molecule has 1 aromatic carbocycles. The first-order chi connectivity index (χ1) is 10.3. The molecule has 1 heterocycles. The lowest BCUT2D eigenvalue weighted by molar-refractivity contribution is 0.0596. The zero-order valence-corrected chi connectivity index (χ0v) is 15.5. The van der Waals surface area contributed by atoms with E-state index in [1.807, 2.05) is 13.8 Å². The highest BCUT2D eigenvalue weighted by Crippen LogP contribution is 2.27. The summed E-state index contributed by atoms with van der Waals surface area (Å²) in [4.78, 5) is 11.7.